The number of hydrogen-bond acceptors (Lipinski definition) is 3. The Morgan fingerprint density at radius 3 is 2.35 bits per heavy atom. The zero-order chi connectivity index (χ0) is 23.0. The second-order valence-electron chi connectivity index (χ2n) is 9.37. The average molecular weight is 430 g/mol. The fourth-order valence-electron chi connectivity index (χ4n) is 3.86. The lowest BCUT2D eigenvalue weighted by atomic mass is 9.94. The smallest absolute Gasteiger partial charge is 0.324 e. The first kappa shape index (κ1) is 24.9. The Bertz CT molecular complexity index is 783. The predicted octanol–water partition coefficient (Wildman–Crippen LogP) is 5.15. The van der Waals surface area contributed by atoms with E-state index in [9.17, 15) is 14.4 Å². The number of anilines is 1. The molecule has 1 heterocycles. The summed E-state index contributed by atoms with van der Waals surface area (Å²) >= 11 is 0. The number of amides is 4. The number of nitrogens with zero attached hydrogens (tertiary/aromatic N) is 2. The summed E-state index contributed by atoms with van der Waals surface area (Å²) in [5, 5.41) is 2.91. The molecule has 0 unspecified atom stereocenters. The van der Waals surface area contributed by atoms with Crippen LogP contribution in [0.4, 0.5) is 10.5 Å². The van der Waals surface area contributed by atoms with E-state index in [0.717, 1.165) is 50.5 Å². The highest BCUT2D eigenvalue weighted by molar-refractivity contribution is 6.11. The third kappa shape index (κ3) is 6.31. The van der Waals surface area contributed by atoms with Crippen molar-refractivity contribution in [3.05, 3.63) is 29.3 Å². The predicted molar refractivity (Wildman–Crippen MR) is 125 cm³/mol. The van der Waals surface area contributed by atoms with Crippen molar-refractivity contribution in [1.29, 1.82) is 0 Å². The van der Waals surface area contributed by atoms with E-state index in [4.69, 9.17) is 0 Å². The SMILES string of the molecule is CCCCCNC(=O)N(CCCCC)C(=O)c1cccc2c1N(C(=O)C(C)(C)C)CC2. The standard InChI is InChI=1S/C25H39N3O3/c1-6-8-10-16-26-24(31)28(17-11-9-7-2)22(29)20-14-12-13-19-15-18-27(21(19)20)23(30)25(3,4)5/h12-14H,6-11,15-18H2,1-5H3,(H,26,31). The molecule has 4 amide bonds. The highest BCUT2D eigenvalue weighted by Crippen LogP contribution is 2.35. The zero-order valence-electron chi connectivity index (χ0n) is 19.9. The number of para-hydroxylation sites is 1. The number of benzene rings is 1. The van der Waals surface area contributed by atoms with Crippen LogP contribution in [0, 0.1) is 5.41 Å². The van der Waals surface area contributed by atoms with Crippen molar-refractivity contribution in [3.63, 3.8) is 0 Å². The van der Waals surface area contributed by atoms with Crippen LogP contribution in [0.25, 0.3) is 0 Å². The van der Waals surface area contributed by atoms with Crippen LogP contribution in [0.5, 0.6) is 0 Å². The van der Waals surface area contributed by atoms with Crippen molar-refractivity contribution in [2.24, 2.45) is 5.41 Å². The number of fused-ring (bicyclic) bond motifs is 1. The van der Waals surface area contributed by atoms with Gasteiger partial charge in [0.2, 0.25) is 5.91 Å². The molecular formula is C25H39N3O3. The number of nitrogens with one attached hydrogen (secondary N) is 1. The molecule has 1 aromatic carbocycles. The Labute approximate surface area is 187 Å². The summed E-state index contributed by atoms with van der Waals surface area (Å²) in [6.45, 7) is 11.4. The topological polar surface area (TPSA) is 69.7 Å². The van der Waals surface area contributed by atoms with E-state index in [1.807, 2.05) is 32.9 Å². The van der Waals surface area contributed by atoms with E-state index in [0.29, 0.717) is 30.9 Å². The molecule has 0 aromatic heterocycles. The molecule has 0 saturated heterocycles. The van der Waals surface area contributed by atoms with Crippen LogP contribution >= 0.6 is 0 Å². The van der Waals surface area contributed by atoms with Crippen molar-refractivity contribution >= 4 is 23.5 Å². The monoisotopic (exact) mass is 429 g/mol. The third-order valence-electron chi connectivity index (χ3n) is 5.64. The summed E-state index contributed by atoms with van der Waals surface area (Å²) in [7, 11) is 0. The minimum Gasteiger partial charge on any atom is -0.338 e. The molecule has 1 aliphatic heterocycles. The quantitative estimate of drug-likeness (QED) is 0.552. The van der Waals surface area contributed by atoms with Crippen LogP contribution in [0.2, 0.25) is 0 Å². The summed E-state index contributed by atoms with van der Waals surface area (Å²) in [4.78, 5) is 42.6. The van der Waals surface area contributed by atoms with Gasteiger partial charge in [-0.1, -0.05) is 72.4 Å². The summed E-state index contributed by atoms with van der Waals surface area (Å²) < 4.78 is 0. The molecule has 2 rings (SSSR count). The van der Waals surface area contributed by atoms with Crippen LogP contribution in [-0.4, -0.2) is 42.4 Å². The number of urea groups is 1. The zero-order valence-corrected chi connectivity index (χ0v) is 19.9. The van der Waals surface area contributed by atoms with Gasteiger partial charge in [-0.2, -0.15) is 0 Å². The molecule has 0 spiro atoms. The van der Waals surface area contributed by atoms with Crippen LogP contribution in [0.15, 0.2) is 18.2 Å². The van der Waals surface area contributed by atoms with E-state index in [2.05, 4.69) is 19.2 Å². The lowest BCUT2D eigenvalue weighted by Gasteiger charge is -2.29. The van der Waals surface area contributed by atoms with Crippen molar-refractivity contribution in [3.8, 4) is 0 Å². The maximum absolute atomic E-state index is 13.6. The Kier molecular flexibility index (Phi) is 9.08. The molecule has 1 aliphatic rings. The van der Waals surface area contributed by atoms with Crippen LogP contribution in [0.1, 0.15) is 89.1 Å². The molecule has 0 aliphatic carbocycles. The van der Waals surface area contributed by atoms with Gasteiger partial charge in [-0.15, -0.1) is 0 Å². The average Bonchev–Trinajstić information content (AvgIpc) is 3.16. The van der Waals surface area contributed by atoms with E-state index >= 15 is 0 Å². The molecule has 0 atom stereocenters. The number of carbonyl (C=O) groups is 3. The van der Waals surface area contributed by atoms with Crippen LogP contribution in [-0.2, 0) is 11.2 Å². The first-order chi connectivity index (χ1) is 14.7. The fourth-order valence-corrected chi connectivity index (χ4v) is 3.86. The van der Waals surface area contributed by atoms with Gasteiger partial charge < -0.3 is 10.2 Å². The van der Waals surface area contributed by atoms with Gasteiger partial charge in [0.05, 0.1) is 11.3 Å². The van der Waals surface area contributed by atoms with Gasteiger partial charge in [0, 0.05) is 25.0 Å². The molecule has 0 radical (unpaired) electrons. The Hall–Kier alpha value is -2.37. The molecule has 1 aromatic rings. The molecule has 1 N–H and O–H groups in total. The molecule has 31 heavy (non-hydrogen) atoms. The van der Waals surface area contributed by atoms with Gasteiger partial charge in [-0.3, -0.25) is 14.5 Å². The third-order valence-corrected chi connectivity index (χ3v) is 5.64. The maximum Gasteiger partial charge on any atom is 0.324 e. The second kappa shape index (κ2) is 11.3. The van der Waals surface area contributed by atoms with Gasteiger partial charge in [0.15, 0.2) is 0 Å². The summed E-state index contributed by atoms with van der Waals surface area (Å²) in [6, 6.07) is 5.21. The number of unbranched alkanes of at least 4 members (excludes halogenated alkanes) is 4. The Balaban J connectivity index is 2.31. The molecule has 172 valence electrons. The van der Waals surface area contributed by atoms with Gasteiger partial charge >= 0.3 is 6.03 Å². The molecule has 6 nitrogen and oxygen atoms in total. The summed E-state index contributed by atoms with van der Waals surface area (Å²) in [6.07, 6.45) is 6.46. The Morgan fingerprint density at radius 1 is 1.03 bits per heavy atom. The minimum atomic E-state index is -0.546. The van der Waals surface area contributed by atoms with Crippen LogP contribution < -0.4 is 10.2 Å². The lowest BCUT2D eigenvalue weighted by Crippen LogP contribution is -2.45. The number of hydrogen-bond donors (Lipinski definition) is 1. The number of imide groups is 1. The Morgan fingerprint density at radius 2 is 1.71 bits per heavy atom. The lowest BCUT2D eigenvalue weighted by molar-refractivity contribution is -0.125. The van der Waals surface area contributed by atoms with E-state index in [1.165, 1.54) is 4.90 Å². The summed E-state index contributed by atoms with van der Waals surface area (Å²) in [5.41, 5.74) is 1.55. The molecule has 0 saturated carbocycles. The largest absolute Gasteiger partial charge is 0.338 e. The highest BCUT2D eigenvalue weighted by atomic mass is 16.2. The van der Waals surface area contributed by atoms with E-state index in [-0.39, 0.29) is 17.8 Å². The molecular weight excluding hydrogens is 390 g/mol. The van der Waals surface area contributed by atoms with Crippen molar-refractivity contribution in [2.45, 2.75) is 79.6 Å². The number of carbonyl (C=O) groups excluding carboxylic acids is 3. The van der Waals surface area contributed by atoms with E-state index in [1.54, 1.807) is 11.0 Å². The van der Waals surface area contributed by atoms with Crippen molar-refractivity contribution in [2.75, 3.05) is 24.5 Å². The van der Waals surface area contributed by atoms with Crippen LogP contribution in [0.3, 0.4) is 0 Å². The second-order valence-corrected chi connectivity index (χ2v) is 9.37. The fraction of sp³-hybridized carbons (Fsp3) is 0.640. The molecule has 6 heteroatoms. The van der Waals surface area contributed by atoms with Gasteiger partial charge in [0.1, 0.15) is 0 Å². The van der Waals surface area contributed by atoms with Gasteiger partial charge in [-0.05, 0) is 30.9 Å². The van der Waals surface area contributed by atoms with Crippen molar-refractivity contribution in [1.82, 2.24) is 10.2 Å². The molecule has 0 bridgehead atoms. The first-order valence-electron chi connectivity index (χ1n) is 11.8. The van der Waals surface area contributed by atoms with Gasteiger partial charge in [-0.25, -0.2) is 4.79 Å². The number of rotatable bonds is 9. The molecule has 0 fully saturated rings. The minimum absolute atomic E-state index is 0.00644. The van der Waals surface area contributed by atoms with Crippen molar-refractivity contribution < 1.29 is 14.4 Å². The maximum atomic E-state index is 13.6. The van der Waals surface area contributed by atoms with E-state index < -0.39 is 5.41 Å². The first-order valence-corrected chi connectivity index (χ1v) is 11.8. The normalized spacial score (nSPS) is 13.1. The summed E-state index contributed by atoms with van der Waals surface area (Å²) in [5.74, 6) is -0.331. The van der Waals surface area contributed by atoms with Gasteiger partial charge in [0.25, 0.3) is 5.91 Å². The highest BCUT2D eigenvalue weighted by Gasteiger charge is 2.36.